The van der Waals surface area contributed by atoms with Crippen LogP contribution in [0.2, 0.25) is 0 Å². The summed E-state index contributed by atoms with van der Waals surface area (Å²) in [6.07, 6.45) is 1.93. The number of pyridine rings is 1. The van der Waals surface area contributed by atoms with Gasteiger partial charge in [0.05, 0.1) is 24.1 Å². The Morgan fingerprint density at radius 1 is 1.00 bits per heavy atom. The van der Waals surface area contributed by atoms with Gasteiger partial charge in [0.15, 0.2) is 0 Å². The molecule has 1 unspecified atom stereocenters. The number of hydrogen-bond donors (Lipinski definition) is 0. The average Bonchev–Trinajstić information content (AvgIpc) is 2.52. The average molecular weight is 364 g/mol. The third-order valence-electron chi connectivity index (χ3n) is 4.24. The van der Waals surface area contributed by atoms with Crippen LogP contribution in [0.15, 0.2) is 18.3 Å². The molecule has 5 heteroatoms. The molecule has 1 aliphatic rings. The molecule has 1 fully saturated rings. The fourth-order valence-corrected chi connectivity index (χ4v) is 3.01. The zero-order chi connectivity index (χ0) is 19.4. The van der Waals surface area contributed by atoms with Crippen LogP contribution in [0.25, 0.3) is 0 Å². The van der Waals surface area contributed by atoms with E-state index in [1.807, 2.05) is 33.0 Å². The second-order valence-electron chi connectivity index (χ2n) is 9.39. The third-order valence-corrected chi connectivity index (χ3v) is 4.24. The van der Waals surface area contributed by atoms with Crippen molar-refractivity contribution in [3.8, 4) is 5.88 Å². The van der Waals surface area contributed by atoms with Crippen LogP contribution in [0.5, 0.6) is 5.88 Å². The summed E-state index contributed by atoms with van der Waals surface area (Å²) in [5.74, 6) is 1.24. The number of ether oxygens (including phenoxy) is 2. The van der Waals surface area contributed by atoms with Crippen molar-refractivity contribution in [1.29, 1.82) is 0 Å². The summed E-state index contributed by atoms with van der Waals surface area (Å²) in [6, 6.07) is 4.09. The smallest absolute Gasteiger partial charge is 0.213 e. The molecule has 26 heavy (non-hydrogen) atoms. The monoisotopic (exact) mass is 363 g/mol. The van der Waals surface area contributed by atoms with Crippen LogP contribution < -0.4 is 9.64 Å². The van der Waals surface area contributed by atoms with Crippen molar-refractivity contribution >= 4 is 5.69 Å². The third kappa shape index (κ3) is 7.50. The number of aromatic nitrogens is 1. The molecule has 0 amide bonds. The highest BCUT2D eigenvalue weighted by Crippen LogP contribution is 2.21. The summed E-state index contributed by atoms with van der Waals surface area (Å²) in [5.41, 5.74) is 0.908. The minimum absolute atomic E-state index is 0.0528. The minimum atomic E-state index is -0.215. The minimum Gasteiger partial charge on any atom is -0.472 e. The Balaban J connectivity index is 1.77. The van der Waals surface area contributed by atoms with Gasteiger partial charge >= 0.3 is 0 Å². The molecule has 0 N–H and O–H groups in total. The van der Waals surface area contributed by atoms with Crippen molar-refractivity contribution in [1.82, 2.24) is 9.88 Å². The van der Waals surface area contributed by atoms with Gasteiger partial charge < -0.3 is 14.4 Å². The van der Waals surface area contributed by atoms with Crippen LogP contribution in [0, 0.1) is 5.92 Å². The Bertz CT molecular complexity index is 538. The summed E-state index contributed by atoms with van der Waals surface area (Å²) >= 11 is 0. The second-order valence-corrected chi connectivity index (χ2v) is 9.39. The SMILES string of the molecule is CC(COC(C)(C)C)CN1CCN(c2ccc(OC(C)(C)C)nc2)CC1. The van der Waals surface area contributed by atoms with Crippen molar-refractivity contribution in [2.45, 2.75) is 59.7 Å². The van der Waals surface area contributed by atoms with E-state index in [4.69, 9.17) is 9.47 Å². The highest BCUT2D eigenvalue weighted by molar-refractivity contribution is 5.45. The van der Waals surface area contributed by atoms with Crippen molar-refractivity contribution < 1.29 is 9.47 Å². The molecule has 0 spiro atoms. The normalized spacial score (nSPS) is 18.0. The predicted molar refractivity (Wildman–Crippen MR) is 108 cm³/mol. The van der Waals surface area contributed by atoms with Gasteiger partial charge in [0.25, 0.3) is 0 Å². The van der Waals surface area contributed by atoms with Crippen LogP contribution in [0.4, 0.5) is 5.69 Å². The van der Waals surface area contributed by atoms with Crippen molar-refractivity contribution in [2.24, 2.45) is 5.92 Å². The van der Waals surface area contributed by atoms with Crippen molar-refractivity contribution in [2.75, 3.05) is 44.2 Å². The van der Waals surface area contributed by atoms with Crippen molar-refractivity contribution in [3.63, 3.8) is 0 Å². The van der Waals surface area contributed by atoms with Crippen LogP contribution in [-0.2, 0) is 4.74 Å². The lowest BCUT2D eigenvalue weighted by molar-refractivity contribution is -0.0245. The molecule has 1 atom stereocenters. The van der Waals surface area contributed by atoms with Gasteiger partial charge in [-0.3, -0.25) is 4.90 Å². The Morgan fingerprint density at radius 3 is 2.15 bits per heavy atom. The molecular weight excluding hydrogens is 326 g/mol. The van der Waals surface area contributed by atoms with Crippen LogP contribution in [0.1, 0.15) is 48.5 Å². The van der Waals surface area contributed by atoms with Gasteiger partial charge in [-0.15, -0.1) is 0 Å². The largest absolute Gasteiger partial charge is 0.472 e. The molecule has 0 radical (unpaired) electrons. The first kappa shape index (κ1) is 21.0. The summed E-state index contributed by atoms with van der Waals surface area (Å²) in [5, 5.41) is 0. The maximum atomic E-state index is 5.91. The lowest BCUT2D eigenvalue weighted by Gasteiger charge is -2.37. The molecule has 2 rings (SSSR count). The summed E-state index contributed by atoms with van der Waals surface area (Å²) < 4.78 is 11.7. The van der Waals surface area contributed by atoms with E-state index in [0.717, 1.165) is 39.3 Å². The van der Waals surface area contributed by atoms with E-state index >= 15 is 0 Å². The first-order valence-corrected chi connectivity index (χ1v) is 9.78. The Kier molecular flexibility index (Phi) is 6.92. The first-order chi connectivity index (χ1) is 12.0. The molecule has 0 bridgehead atoms. The van der Waals surface area contributed by atoms with E-state index in [0.29, 0.717) is 11.8 Å². The highest BCUT2D eigenvalue weighted by atomic mass is 16.5. The van der Waals surface area contributed by atoms with Gasteiger partial charge in [-0.1, -0.05) is 6.92 Å². The molecular formula is C21H37N3O2. The topological polar surface area (TPSA) is 37.8 Å². The van der Waals surface area contributed by atoms with Gasteiger partial charge in [0.1, 0.15) is 5.60 Å². The molecule has 0 aromatic carbocycles. The molecule has 1 saturated heterocycles. The maximum absolute atomic E-state index is 5.91. The number of hydrogen-bond acceptors (Lipinski definition) is 5. The molecule has 0 saturated carbocycles. The van der Waals surface area contributed by atoms with Gasteiger partial charge in [-0.25, -0.2) is 4.98 Å². The van der Waals surface area contributed by atoms with E-state index in [-0.39, 0.29) is 11.2 Å². The molecule has 1 aromatic heterocycles. The number of anilines is 1. The summed E-state index contributed by atoms with van der Waals surface area (Å²) in [7, 11) is 0. The van der Waals surface area contributed by atoms with Gasteiger partial charge in [0.2, 0.25) is 5.88 Å². The predicted octanol–water partition coefficient (Wildman–Crippen LogP) is 3.83. The van der Waals surface area contributed by atoms with Gasteiger partial charge in [0, 0.05) is 38.8 Å². The Morgan fingerprint density at radius 2 is 1.65 bits per heavy atom. The fraction of sp³-hybridized carbons (Fsp3) is 0.762. The first-order valence-electron chi connectivity index (χ1n) is 9.78. The fourth-order valence-electron chi connectivity index (χ4n) is 3.01. The molecule has 5 nitrogen and oxygen atoms in total. The van der Waals surface area contributed by atoms with Crippen LogP contribution in [-0.4, -0.2) is 60.4 Å². The number of nitrogens with zero attached hydrogens (tertiary/aromatic N) is 3. The lowest BCUT2D eigenvalue weighted by Crippen LogP contribution is -2.48. The zero-order valence-corrected chi connectivity index (χ0v) is 17.7. The molecule has 1 aliphatic heterocycles. The maximum Gasteiger partial charge on any atom is 0.213 e. The summed E-state index contributed by atoms with van der Waals surface area (Å²) in [4.78, 5) is 9.40. The van der Waals surface area contributed by atoms with Crippen LogP contribution >= 0.6 is 0 Å². The number of rotatable bonds is 6. The van der Waals surface area contributed by atoms with Gasteiger partial charge in [-0.2, -0.15) is 0 Å². The van der Waals surface area contributed by atoms with E-state index in [9.17, 15) is 0 Å². The lowest BCUT2D eigenvalue weighted by atomic mass is 10.1. The van der Waals surface area contributed by atoms with Crippen LogP contribution in [0.3, 0.4) is 0 Å². The van der Waals surface area contributed by atoms with Gasteiger partial charge in [-0.05, 0) is 53.5 Å². The Labute approximate surface area is 159 Å². The number of piperazine rings is 1. The van der Waals surface area contributed by atoms with E-state index in [1.54, 1.807) is 0 Å². The highest BCUT2D eigenvalue weighted by Gasteiger charge is 2.21. The second kappa shape index (κ2) is 8.57. The van der Waals surface area contributed by atoms with E-state index in [1.165, 1.54) is 5.69 Å². The standard InChI is InChI=1S/C21H37N3O2/c1-17(16-25-20(2,3)4)15-23-10-12-24(13-11-23)18-8-9-19(22-14-18)26-21(5,6)7/h8-9,14,17H,10-13,15-16H2,1-7H3. The molecule has 1 aromatic rings. The quantitative estimate of drug-likeness (QED) is 0.768. The van der Waals surface area contributed by atoms with E-state index in [2.05, 4.69) is 48.5 Å². The Hall–Kier alpha value is -1.33. The molecule has 2 heterocycles. The molecule has 0 aliphatic carbocycles. The zero-order valence-electron chi connectivity index (χ0n) is 17.7. The van der Waals surface area contributed by atoms with E-state index < -0.39 is 0 Å². The molecule has 148 valence electrons. The van der Waals surface area contributed by atoms with Crippen molar-refractivity contribution in [3.05, 3.63) is 18.3 Å². The summed E-state index contributed by atoms with van der Waals surface area (Å²) in [6.45, 7) is 20.9.